The Kier molecular flexibility index (Phi) is 4.30. The van der Waals surface area contributed by atoms with E-state index in [1.54, 1.807) is 13.8 Å². The average Bonchev–Trinajstić information content (AvgIpc) is 2.94. The lowest BCUT2D eigenvalue weighted by atomic mass is 9.81. The molecule has 0 saturated carbocycles. The van der Waals surface area contributed by atoms with Gasteiger partial charge in [0, 0.05) is 47.9 Å². The van der Waals surface area contributed by atoms with E-state index in [1.165, 1.54) is 33.0 Å². The summed E-state index contributed by atoms with van der Waals surface area (Å²) in [5.41, 5.74) is 5.93. The number of ketones is 2. The molecule has 4 heteroatoms. The molecule has 2 aromatic carbocycles. The van der Waals surface area contributed by atoms with Crippen LogP contribution in [-0.4, -0.2) is 11.6 Å². The predicted molar refractivity (Wildman–Crippen MR) is 121 cm³/mol. The summed E-state index contributed by atoms with van der Waals surface area (Å²) in [6.45, 7) is 8.53. The average molecular weight is 411 g/mol. The Labute approximate surface area is 181 Å². The molecule has 1 aliphatic rings. The molecule has 5 rings (SSSR count). The maximum atomic E-state index is 12.0. The molecule has 0 spiro atoms. The van der Waals surface area contributed by atoms with Gasteiger partial charge in [0.15, 0.2) is 30.2 Å². The topological polar surface area (TPSA) is 41.9 Å². The molecular weight excluding hydrogens is 384 g/mol. The van der Waals surface area contributed by atoms with Gasteiger partial charge in [0.05, 0.1) is 5.39 Å². The van der Waals surface area contributed by atoms with E-state index in [9.17, 15) is 9.59 Å². The van der Waals surface area contributed by atoms with Gasteiger partial charge in [-0.1, -0.05) is 32.0 Å². The van der Waals surface area contributed by atoms with Crippen LogP contribution in [0.1, 0.15) is 38.8 Å². The van der Waals surface area contributed by atoms with Crippen molar-refractivity contribution in [2.24, 2.45) is 0 Å². The first-order valence-corrected chi connectivity index (χ1v) is 10.7. The summed E-state index contributed by atoms with van der Waals surface area (Å²) in [4.78, 5) is 23.5. The van der Waals surface area contributed by atoms with Gasteiger partial charge in [-0.3, -0.25) is 9.59 Å². The van der Waals surface area contributed by atoms with E-state index in [-0.39, 0.29) is 17.0 Å². The van der Waals surface area contributed by atoms with Crippen molar-refractivity contribution < 1.29 is 18.7 Å². The standard InChI is InChI=1S/C27H26N2O2/c1-17(30)13-28-12-11-20-19(15-28)9-10-22-25-21-7-5-6-8-24(21)29(14-18(2)31)16-23(25)27(3,4)26(20)22/h5-12,15-16H,13-14H2,1-4H3/q+2. The van der Waals surface area contributed by atoms with E-state index in [1.807, 2.05) is 16.8 Å². The molecule has 4 nitrogen and oxygen atoms in total. The number of fused-ring (bicyclic) bond motifs is 7. The van der Waals surface area contributed by atoms with Crippen molar-refractivity contribution in [3.05, 3.63) is 72.2 Å². The molecule has 0 fully saturated rings. The van der Waals surface area contributed by atoms with Crippen molar-refractivity contribution in [2.45, 2.75) is 46.2 Å². The smallest absolute Gasteiger partial charge is 0.213 e. The van der Waals surface area contributed by atoms with Gasteiger partial charge in [-0.05, 0) is 28.6 Å². The van der Waals surface area contributed by atoms with Crippen LogP contribution in [0.25, 0.3) is 32.8 Å². The zero-order valence-corrected chi connectivity index (χ0v) is 18.4. The van der Waals surface area contributed by atoms with Crippen molar-refractivity contribution in [3.8, 4) is 11.1 Å². The van der Waals surface area contributed by atoms with Crippen LogP contribution in [-0.2, 0) is 28.1 Å². The van der Waals surface area contributed by atoms with Crippen molar-refractivity contribution >= 4 is 33.2 Å². The zero-order chi connectivity index (χ0) is 21.9. The number of nitrogens with zero attached hydrogens (tertiary/aromatic N) is 2. The molecule has 154 valence electrons. The summed E-state index contributed by atoms with van der Waals surface area (Å²) in [5.74, 6) is 0.281. The molecule has 4 aromatic rings. The normalized spacial score (nSPS) is 13.9. The molecule has 1 aliphatic carbocycles. The van der Waals surface area contributed by atoms with E-state index in [2.05, 4.69) is 67.2 Å². The van der Waals surface area contributed by atoms with Gasteiger partial charge >= 0.3 is 0 Å². The van der Waals surface area contributed by atoms with Crippen LogP contribution < -0.4 is 9.13 Å². The second-order valence-corrected chi connectivity index (χ2v) is 9.20. The lowest BCUT2D eigenvalue weighted by molar-refractivity contribution is -0.682. The molecule has 0 aliphatic heterocycles. The zero-order valence-electron chi connectivity index (χ0n) is 18.4. The molecule has 0 radical (unpaired) electrons. The summed E-state index contributed by atoms with van der Waals surface area (Å²) in [7, 11) is 0. The van der Waals surface area contributed by atoms with Crippen molar-refractivity contribution in [1.29, 1.82) is 0 Å². The summed E-state index contributed by atoms with van der Waals surface area (Å²) in [6, 6.07) is 14.8. The monoisotopic (exact) mass is 410 g/mol. The molecule has 2 heterocycles. The Hall–Kier alpha value is -3.40. The first-order valence-electron chi connectivity index (χ1n) is 10.7. The number of hydrogen-bond acceptors (Lipinski definition) is 2. The molecule has 2 aromatic heterocycles. The van der Waals surface area contributed by atoms with Gasteiger partial charge in [-0.15, -0.1) is 0 Å². The second-order valence-electron chi connectivity index (χ2n) is 9.20. The van der Waals surface area contributed by atoms with Gasteiger partial charge in [0.2, 0.25) is 18.6 Å². The van der Waals surface area contributed by atoms with E-state index >= 15 is 0 Å². The van der Waals surface area contributed by atoms with Gasteiger partial charge in [0.25, 0.3) is 0 Å². The van der Waals surface area contributed by atoms with Gasteiger partial charge in [-0.2, -0.15) is 9.13 Å². The van der Waals surface area contributed by atoms with Gasteiger partial charge < -0.3 is 0 Å². The SMILES string of the molecule is CC(=O)C[n+]1ccc2c3c(ccc2c1)-c1c(c[n+](CC(C)=O)c2ccccc12)C3(C)C. The quantitative estimate of drug-likeness (QED) is 0.476. The molecule has 0 atom stereocenters. The number of rotatable bonds is 4. The molecule has 0 amide bonds. The fraction of sp³-hybridized carbons (Fsp3) is 0.259. The van der Waals surface area contributed by atoms with Crippen LogP contribution in [0.4, 0.5) is 0 Å². The number of aromatic nitrogens is 2. The lowest BCUT2D eigenvalue weighted by Crippen LogP contribution is -2.39. The Bertz CT molecular complexity index is 1420. The molecule has 0 bridgehead atoms. The lowest BCUT2D eigenvalue weighted by Gasteiger charge is -2.22. The highest BCUT2D eigenvalue weighted by molar-refractivity contribution is 6.04. The molecule has 0 saturated heterocycles. The van der Waals surface area contributed by atoms with Crippen LogP contribution in [0.3, 0.4) is 0 Å². The number of Topliss-reactive ketones (excluding diaryl/α,β-unsaturated/α-hetero) is 2. The molecule has 0 unspecified atom stereocenters. The summed E-state index contributed by atoms with van der Waals surface area (Å²) in [6.07, 6.45) is 6.23. The Morgan fingerprint density at radius 2 is 1.61 bits per heavy atom. The van der Waals surface area contributed by atoms with E-state index in [0.29, 0.717) is 13.1 Å². The minimum atomic E-state index is -0.209. The van der Waals surface area contributed by atoms with E-state index in [4.69, 9.17) is 0 Å². The number of carbonyl (C=O) groups excluding carboxylic acids is 2. The first kappa shape index (κ1) is 19.6. The minimum absolute atomic E-state index is 0.139. The van der Waals surface area contributed by atoms with Crippen LogP contribution in [0.5, 0.6) is 0 Å². The summed E-state index contributed by atoms with van der Waals surface area (Å²) in [5, 5.41) is 3.51. The fourth-order valence-corrected chi connectivity index (χ4v) is 5.20. The maximum Gasteiger partial charge on any atom is 0.213 e. The van der Waals surface area contributed by atoms with Crippen LogP contribution >= 0.6 is 0 Å². The van der Waals surface area contributed by atoms with E-state index < -0.39 is 0 Å². The Balaban J connectivity index is 1.82. The van der Waals surface area contributed by atoms with E-state index in [0.717, 1.165) is 10.9 Å². The largest absolute Gasteiger partial charge is 0.293 e. The summed E-state index contributed by atoms with van der Waals surface area (Å²) >= 11 is 0. The third-order valence-electron chi connectivity index (χ3n) is 6.42. The third-order valence-corrected chi connectivity index (χ3v) is 6.42. The van der Waals surface area contributed by atoms with Gasteiger partial charge in [0.1, 0.15) is 0 Å². The predicted octanol–water partition coefficient (Wildman–Crippen LogP) is 4.05. The Morgan fingerprint density at radius 1 is 0.871 bits per heavy atom. The van der Waals surface area contributed by atoms with Gasteiger partial charge in [-0.25, -0.2) is 0 Å². The first-order chi connectivity index (χ1) is 14.8. The van der Waals surface area contributed by atoms with Crippen molar-refractivity contribution in [2.75, 3.05) is 0 Å². The van der Waals surface area contributed by atoms with Crippen LogP contribution in [0, 0.1) is 0 Å². The molecular formula is C27H26N2O2+2. The van der Waals surface area contributed by atoms with Crippen LogP contribution in [0.15, 0.2) is 61.1 Å². The van der Waals surface area contributed by atoms with Crippen molar-refractivity contribution in [3.63, 3.8) is 0 Å². The highest BCUT2D eigenvalue weighted by atomic mass is 16.1. The number of carbonyl (C=O) groups is 2. The highest BCUT2D eigenvalue weighted by Crippen LogP contribution is 2.52. The molecule has 31 heavy (non-hydrogen) atoms. The highest BCUT2D eigenvalue weighted by Gasteiger charge is 2.41. The number of pyridine rings is 2. The number of benzene rings is 2. The summed E-state index contributed by atoms with van der Waals surface area (Å²) < 4.78 is 4.04. The minimum Gasteiger partial charge on any atom is -0.293 e. The maximum absolute atomic E-state index is 12.0. The van der Waals surface area contributed by atoms with Crippen molar-refractivity contribution in [1.82, 2.24) is 0 Å². The second kappa shape index (κ2) is 6.81. The number of hydrogen-bond donors (Lipinski definition) is 0. The molecule has 0 N–H and O–H groups in total. The number of para-hydroxylation sites is 1. The fourth-order valence-electron chi connectivity index (χ4n) is 5.20. The van der Waals surface area contributed by atoms with Crippen LogP contribution in [0.2, 0.25) is 0 Å². The Morgan fingerprint density at radius 3 is 2.35 bits per heavy atom. The third kappa shape index (κ3) is 2.97.